The van der Waals surface area contributed by atoms with Gasteiger partial charge in [0.1, 0.15) is 6.54 Å². The van der Waals surface area contributed by atoms with Gasteiger partial charge < -0.3 is 15.5 Å². The molecular formula is C16H20N4O2. The molecule has 6 heteroatoms. The monoisotopic (exact) mass is 300 g/mol. The minimum atomic E-state index is -0.180. The van der Waals surface area contributed by atoms with Crippen molar-refractivity contribution < 1.29 is 4.79 Å². The van der Waals surface area contributed by atoms with E-state index < -0.39 is 0 Å². The third-order valence-corrected chi connectivity index (χ3v) is 4.04. The van der Waals surface area contributed by atoms with Crippen LogP contribution in [0, 0.1) is 0 Å². The fraction of sp³-hybridized carbons (Fsp3) is 0.375. The third-order valence-electron chi connectivity index (χ3n) is 4.04. The summed E-state index contributed by atoms with van der Waals surface area (Å²) in [7, 11) is 1.57. The molecule has 1 aliphatic rings. The second kappa shape index (κ2) is 6.19. The van der Waals surface area contributed by atoms with E-state index in [1.165, 1.54) is 10.6 Å². The molecule has 1 aliphatic heterocycles. The Balaban J connectivity index is 2.01. The summed E-state index contributed by atoms with van der Waals surface area (Å²) in [6.45, 7) is 3.95. The lowest BCUT2D eigenvalue weighted by Gasteiger charge is -2.29. The molecule has 0 spiro atoms. The Labute approximate surface area is 128 Å². The van der Waals surface area contributed by atoms with Crippen molar-refractivity contribution in [1.29, 1.82) is 0 Å². The Kier molecular flexibility index (Phi) is 4.11. The summed E-state index contributed by atoms with van der Waals surface area (Å²) < 4.78 is 1.51. The topological polar surface area (TPSA) is 66.4 Å². The van der Waals surface area contributed by atoms with Crippen molar-refractivity contribution in [2.75, 3.05) is 38.1 Å². The number of amides is 1. The van der Waals surface area contributed by atoms with Gasteiger partial charge in [-0.3, -0.25) is 14.2 Å². The van der Waals surface area contributed by atoms with Crippen molar-refractivity contribution in [3.63, 3.8) is 0 Å². The van der Waals surface area contributed by atoms with Gasteiger partial charge in [-0.25, -0.2) is 0 Å². The highest BCUT2D eigenvalue weighted by Crippen LogP contribution is 2.21. The highest BCUT2D eigenvalue weighted by Gasteiger charge is 2.12. The van der Waals surface area contributed by atoms with Gasteiger partial charge in [-0.1, -0.05) is 0 Å². The van der Waals surface area contributed by atoms with E-state index in [-0.39, 0.29) is 18.0 Å². The molecule has 0 atom stereocenters. The molecular weight excluding hydrogens is 280 g/mol. The van der Waals surface area contributed by atoms with Gasteiger partial charge in [-0.15, -0.1) is 0 Å². The number of benzene rings is 1. The first-order valence-electron chi connectivity index (χ1n) is 7.49. The molecule has 1 saturated heterocycles. The highest BCUT2D eigenvalue weighted by atomic mass is 16.2. The molecule has 0 bridgehead atoms. The van der Waals surface area contributed by atoms with Crippen LogP contribution in [0.4, 0.5) is 5.69 Å². The lowest BCUT2D eigenvalue weighted by atomic mass is 10.1. The second-order valence-electron chi connectivity index (χ2n) is 5.41. The normalized spacial score (nSPS) is 15.0. The van der Waals surface area contributed by atoms with Crippen LogP contribution in [0.1, 0.15) is 0 Å². The average molecular weight is 300 g/mol. The number of hydrogen-bond donors (Lipinski definition) is 2. The van der Waals surface area contributed by atoms with Crippen LogP contribution in [0.3, 0.4) is 0 Å². The molecule has 1 aromatic carbocycles. The van der Waals surface area contributed by atoms with Gasteiger partial charge in [-0.2, -0.15) is 0 Å². The number of piperazine rings is 1. The highest BCUT2D eigenvalue weighted by molar-refractivity contribution is 5.85. The molecule has 6 nitrogen and oxygen atoms in total. The first-order chi connectivity index (χ1) is 10.7. The fourth-order valence-corrected chi connectivity index (χ4v) is 2.80. The number of fused-ring (bicyclic) bond motifs is 1. The van der Waals surface area contributed by atoms with Crippen molar-refractivity contribution in [2.24, 2.45) is 0 Å². The number of nitrogens with zero attached hydrogens (tertiary/aromatic N) is 2. The van der Waals surface area contributed by atoms with Crippen LogP contribution in [-0.4, -0.2) is 43.7 Å². The van der Waals surface area contributed by atoms with E-state index in [4.69, 9.17) is 0 Å². The maximum atomic E-state index is 12.0. The number of nitrogens with one attached hydrogen (secondary N) is 2. The summed E-state index contributed by atoms with van der Waals surface area (Å²) in [6.07, 6.45) is 0. The SMILES string of the molecule is CNC(=O)Cn1c(=O)ccc2cc(N3CCNCC3)ccc21. The summed E-state index contributed by atoms with van der Waals surface area (Å²) in [5, 5.41) is 6.86. The molecule has 22 heavy (non-hydrogen) atoms. The minimum absolute atomic E-state index is 0.0413. The van der Waals surface area contributed by atoms with Gasteiger partial charge in [0, 0.05) is 50.4 Å². The van der Waals surface area contributed by atoms with E-state index in [1.807, 2.05) is 18.2 Å². The zero-order chi connectivity index (χ0) is 15.5. The predicted molar refractivity (Wildman–Crippen MR) is 87.4 cm³/mol. The molecule has 1 amide bonds. The molecule has 116 valence electrons. The quantitative estimate of drug-likeness (QED) is 0.847. The van der Waals surface area contributed by atoms with Gasteiger partial charge in [0.05, 0.1) is 5.52 Å². The Morgan fingerprint density at radius 1 is 1.23 bits per heavy atom. The van der Waals surface area contributed by atoms with Gasteiger partial charge in [0.2, 0.25) is 5.91 Å². The van der Waals surface area contributed by atoms with Crippen LogP contribution in [0.2, 0.25) is 0 Å². The minimum Gasteiger partial charge on any atom is -0.369 e. The number of hydrogen-bond acceptors (Lipinski definition) is 4. The van der Waals surface area contributed by atoms with E-state index in [0.29, 0.717) is 0 Å². The Bertz CT molecular complexity index is 747. The molecule has 0 unspecified atom stereocenters. The molecule has 3 rings (SSSR count). The van der Waals surface area contributed by atoms with E-state index in [2.05, 4.69) is 21.6 Å². The average Bonchev–Trinajstić information content (AvgIpc) is 2.57. The molecule has 0 radical (unpaired) electrons. The number of carbonyl (C=O) groups excluding carboxylic acids is 1. The Morgan fingerprint density at radius 2 is 2.00 bits per heavy atom. The van der Waals surface area contributed by atoms with Crippen LogP contribution in [0.5, 0.6) is 0 Å². The number of carbonyl (C=O) groups is 1. The van der Waals surface area contributed by atoms with Gasteiger partial charge in [0.25, 0.3) is 5.56 Å². The maximum Gasteiger partial charge on any atom is 0.251 e. The lowest BCUT2D eigenvalue weighted by Crippen LogP contribution is -2.43. The first kappa shape index (κ1) is 14.6. The molecule has 0 saturated carbocycles. The van der Waals surface area contributed by atoms with Crippen LogP contribution in [0.25, 0.3) is 10.9 Å². The molecule has 2 N–H and O–H groups in total. The summed E-state index contributed by atoms with van der Waals surface area (Å²) in [6, 6.07) is 9.38. The standard InChI is InChI=1S/C16H20N4O2/c1-17-15(21)11-20-14-4-3-13(19-8-6-18-7-9-19)10-12(14)2-5-16(20)22/h2-5,10,18H,6-9,11H2,1H3,(H,17,21). The smallest absolute Gasteiger partial charge is 0.251 e. The van der Waals surface area contributed by atoms with E-state index in [0.717, 1.165) is 42.8 Å². The van der Waals surface area contributed by atoms with Gasteiger partial charge >= 0.3 is 0 Å². The predicted octanol–water partition coefficient (Wildman–Crippen LogP) is 0.157. The largest absolute Gasteiger partial charge is 0.369 e. The summed E-state index contributed by atoms with van der Waals surface area (Å²) in [5.74, 6) is -0.180. The summed E-state index contributed by atoms with van der Waals surface area (Å²) >= 11 is 0. The molecule has 1 aromatic heterocycles. The van der Waals surface area contributed by atoms with Crippen molar-refractivity contribution in [2.45, 2.75) is 6.54 Å². The van der Waals surface area contributed by atoms with Crippen LogP contribution < -0.4 is 21.1 Å². The van der Waals surface area contributed by atoms with Crippen molar-refractivity contribution in [1.82, 2.24) is 15.2 Å². The first-order valence-corrected chi connectivity index (χ1v) is 7.49. The molecule has 2 heterocycles. The third kappa shape index (κ3) is 2.82. The molecule has 0 aliphatic carbocycles. The van der Waals surface area contributed by atoms with E-state index in [1.54, 1.807) is 7.05 Å². The summed E-state index contributed by atoms with van der Waals surface area (Å²) in [5.41, 5.74) is 1.78. The second-order valence-corrected chi connectivity index (χ2v) is 5.41. The maximum absolute atomic E-state index is 12.0. The van der Waals surface area contributed by atoms with E-state index in [9.17, 15) is 9.59 Å². The zero-order valence-electron chi connectivity index (χ0n) is 12.6. The van der Waals surface area contributed by atoms with Gasteiger partial charge in [-0.05, 0) is 24.3 Å². The van der Waals surface area contributed by atoms with E-state index >= 15 is 0 Å². The number of anilines is 1. The number of pyridine rings is 1. The van der Waals surface area contributed by atoms with Crippen molar-refractivity contribution >= 4 is 22.5 Å². The van der Waals surface area contributed by atoms with Crippen molar-refractivity contribution in [3.05, 3.63) is 40.7 Å². The fourth-order valence-electron chi connectivity index (χ4n) is 2.80. The Hall–Kier alpha value is -2.34. The number of aromatic nitrogens is 1. The van der Waals surface area contributed by atoms with Crippen LogP contribution in [-0.2, 0) is 11.3 Å². The summed E-state index contributed by atoms with van der Waals surface area (Å²) in [4.78, 5) is 26.0. The zero-order valence-corrected chi connectivity index (χ0v) is 12.6. The molecule has 2 aromatic rings. The lowest BCUT2D eigenvalue weighted by molar-refractivity contribution is -0.121. The van der Waals surface area contributed by atoms with Crippen LogP contribution >= 0.6 is 0 Å². The number of rotatable bonds is 3. The molecule has 1 fully saturated rings. The van der Waals surface area contributed by atoms with Crippen molar-refractivity contribution in [3.8, 4) is 0 Å². The van der Waals surface area contributed by atoms with Gasteiger partial charge in [0.15, 0.2) is 0 Å². The number of likely N-dealkylation sites (N-methyl/N-ethyl adjacent to an activating group) is 1. The Morgan fingerprint density at radius 3 is 2.73 bits per heavy atom. The van der Waals surface area contributed by atoms with Crippen LogP contribution in [0.15, 0.2) is 35.1 Å².